The molecule has 1 aliphatic rings. The molecule has 3 nitrogen and oxygen atoms in total. The molecule has 0 spiro atoms. The highest BCUT2D eigenvalue weighted by molar-refractivity contribution is 5.85. The maximum Gasteiger partial charge on any atom is 0.261 e. The van der Waals surface area contributed by atoms with E-state index in [4.69, 9.17) is 0 Å². The maximum atomic E-state index is 12.1. The molecule has 0 atom stereocenters. The van der Waals surface area contributed by atoms with E-state index in [2.05, 4.69) is 4.98 Å². The second-order valence-corrected chi connectivity index (χ2v) is 3.98. The molecular formula is C12H13ClN2O. The molecule has 0 aliphatic heterocycles. The van der Waals surface area contributed by atoms with Crippen LogP contribution in [0.1, 0.15) is 24.1 Å². The minimum absolute atomic E-state index is 0. The number of halogens is 1. The van der Waals surface area contributed by atoms with Gasteiger partial charge >= 0.3 is 0 Å². The second-order valence-electron chi connectivity index (χ2n) is 3.98. The van der Waals surface area contributed by atoms with Gasteiger partial charge in [-0.3, -0.25) is 9.20 Å². The van der Waals surface area contributed by atoms with E-state index in [0.717, 1.165) is 42.6 Å². The highest BCUT2D eigenvalue weighted by Gasteiger charge is 2.15. The quantitative estimate of drug-likeness (QED) is 0.701. The zero-order valence-corrected chi connectivity index (χ0v) is 9.67. The van der Waals surface area contributed by atoms with Crippen molar-refractivity contribution in [2.24, 2.45) is 0 Å². The van der Waals surface area contributed by atoms with Gasteiger partial charge < -0.3 is 0 Å². The molecule has 0 N–H and O–H groups in total. The van der Waals surface area contributed by atoms with Crippen molar-refractivity contribution in [1.82, 2.24) is 9.38 Å². The molecule has 2 heterocycles. The van der Waals surface area contributed by atoms with Crippen molar-refractivity contribution in [2.45, 2.75) is 25.7 Å². The fourth-order valence-corrected chi connectivity index (χ4v) is 2.22. The Balaban J connectivity index is 0.000000963. The highest BCUT2D eigenvalue weighted by Crippen LogP contribution is 2.16. The third kappa shape index (κ3) is 1.61. The fourth-order valence-electron chi connectivity index (χ4n) is 2.22. The Morgan fingerprint density at radius 2 is 2.00 bits per heavy atom. The van der Waals surface area contributed by atoms with Gasteiger partial charge in [-0.25, -0.2) is 4.98 Å². The van der Waals surface area contributed by atoms with Gasteiger partial charge in [0.2, 0.25) is 0 Å². The molecule has 0 saturated heterocycles. The molecule has 2 aromatic heterocycles. The third-order valence-electron chi connectivity index (χ3n) is 3.00. The zero-order valence-electron chi connectivity index (χ0n) is 8.85. The van der Waals surface area contributed by atoms with Crippen LogP contribution in [0, 0.1) is 0 Å². The van der Waals surface area contributed by atoms with Gasteiger partial charge in [-0.05, 0) is 37.8 Å². The van der Waals surface area contributed by atoms with Crippen molar-refractivity contribution in [3.8, 4) is 0 Å². The summed E-state index contributed by atoms with van der Waals surface area (Å²) in [6, 6.07) is 5.67. The minimum Gasteiger partial charge on any atom is -0.269 e. The monoisotopic (exact) mass is 236 g/mol. The highest BCUT2D eigenvalue weighted by atomic mass is 35.5. The van der Waals surface area contributed by atoms with Crippen LogP contribution in [0.4, 0.5) is 0 Å². The van der Waals surface area contributed by atoms with Crippen molar-refractivity contribution < 1.29 is 0 Å². The summed E-state index contributed by atoms with van der Waals surface area (Å²) in [5.41, 5.74) is 2.82. The Bertz CT molecular complexity index is 577. The lowest BCUT2D eigenvalue weighted by molar-refractivity contribution is 0.656. The number of pyridine rings is 1. The van der Waals surface area contributed by atoms with E-state index in [1.54, 1.807) is 10.6 Å². The predicted octanol–water partition coefficient (Wildman–Crippen LogP) is 2.00. The first-order valence-electron chi connectivity index (χ1n) is 5.35. The van der Waals surface area contributed by atoms with E-state index in [1.807, 2.05) is 18.2 Å². The van der Waals surface area contributed by atoms with Crippen LogP contribution in [-0.2, 0) is 12.8 Å². The van der Waals surface area contributed by atoms with E-state index in [1.165, 1.54) is 0 Å². The van der Waals surface area contributed by atoms with Crippen molar-refractivity contribution in [1.29, 1.82) is 0 Å². The summed E-state index contributed by atoms with van der Waals surface area (Å²) in [5.74, 6) is 0. The van der Waals surface area contributed by atoms with Gasteiger partial charge in [0, 0.05) is 11.8 Å². The predicted molar refractivity (Wildman–Crippen MR) is 65.4 cm³/mol. The summed E-state index contributed by atoms with van der Waals surface area (Å²) in [5, 5.41) is 0. The van der Waals surface area contributed by atoms with E-state index in [-0.39, 0.29) is 18.0 Å². The van der Waals surface area contributed by atoms with E-state index >= 15 is 0 Å². The molecule has 0 fully saturated rings. The lowest BCUT2D eigenvalue weighted by atomic mass is 9.97. The Hall–Kier alpha value is -1.35. The van der Waals surface area contributed by atoms with Crippen molar-refractivity contribution in [3.63, 3.8) is 0 Å². The Morgan fingerprint density at radius 3 is 2.88 bits per heavy atom. The van der Waals surface area contributed by atoms with Crippen molar-refractivity contribution in [2.75, 3.05) is 0 Å². The topological polar surface area (TPSA) is 34.4 Å². The van der Waals surface area contributed by atoms with E-state index in [0.29, 0.717) is 0 Å². The fraction of sp³-hybridized carbons (Fsp3) is 0.333. The Labute approximate surface area is 99.5 Å². The third-order valence-corrected chi connectivity index (χ3v) is 3.00. The smallest absolute Gasteiger partial charge is 0.261 e. The summed E-state index contributed by atoms with van der Waals surface area (Å²) < 4.78 is 1.64. The lowest BCUT2D eigenvalue weighted by Gasteiger charge is -2.14. The van der Waals surface area contributed by atoms with Crippen LogP contribution < -0.4 is 5.56 Å². The largest absolute Gasteiger partial charge is 0.269 e. The average Bonchev–Trinajstić information content (AvgIpc) is 2.30. The Morgan fingerprint density at radius 1 is 1.19 bits per heavy atom. The normalized spacial score (nSPS) is 14.2. The van der Waals surface area contributed by atoms with E-state index < -0.39 is 0 Å². The van der Waals surface area contributed by atoms with Crippen molar-refractivity contribution >= 4 is 18.1 Å². The summed E-state index contributed by atoms with van der Waals surface area (Å²) in [4.78, 5) is 16.6. The second kappa shape index (κ2) is 4.26. The number of nitrogens with zero attached hydrogens (tertiary/aromatic N) is 2. The first-order chi connectivity index (χ1) is 7.36. The van der Waals surface area contributed by atoms with Gasteiger partial charge in [0.25, 0.3) is 5.56 Å². The van der Waals surface area contributed by atoms with Crippen LogP contribution in [0.2, 0.25) is 0 Å². The molecule has 0 aromatic carbocycles. The first kappa shape index (κ1) is 11.1. The molecule has 3 rings (SSSR count). The number of rotatable bonds is 0. The number of aryl methyl sites for hydroxylation is 1. The van der Waals surface area contributed by atoms with Gasteiger partial charge in [0.15, 0.2) is 0 Å². The van der Waals surface area contributed by atoms with Gasteiger partial charge in [-0.1, -0.05) is 6.07 Å². The number of hydrogen-bond donors (Lipinski definition) is 0. The maximum absolute atomic E-state index is 12.1. The number of hydrogen-bond acceptors (Lipinski definition) is 2. The van der Waals surface area contributed by atoms with Crippen LogP contribution in [0.25, 0.3) is 5.65 Å². The van der Waals surface area contributed by atoms with Crippen LogP contribution in [0.3, 0.4) is 0 Å². The SMILES string of the molecule is Cl.O=c1c2c(nc3ccccn13)CCCC2. The summed E-state index contributed by atoms with van der Waals surface area (Å²) in [6.45, 7) is 0. The summed E-state index contributed by atoms with van der Waals surface area (Å²) >= 11 is 0. The molecule has 0 unspecified atom stereocenters. The first-order valence-corrected chi connectivity index (χ1v) is 5.35. The van der Waals surface area contributed by atoms with Crippen LogP contribution in [0.5, 0.6) is 0 Å². The molecule has 84 valence electrons. The summed E-state index contributed by atoms with van der Waals surface area (Å²) in [6.07, 6.45) is 5.90. The molecule has 0 saturated carbocycles. The molecule has 1 aliphatic carbocycles. The van der Waals surface area contributed by atoms with Crippen LogP contribution in [0.15, 0.2) is 29.2 Å². The van der Waals surface area contributed by atoms with Gasteiger partial charge in [-0.15, -0.1) is 12.4 Å². The standard InChI is InChI=1S/C12H12N2O.ClH/c15-12-9-5-1-2-6-10(9)13-11-7-3-4-8-14(11)12;/h3-4,7-8H,1-2,5-6H2;1H. The lowest BCUT2D eigenvalue weighted by Crippen LogP contribution is -2.24. The Kier molecular flexibility index (Phi) is 2.97. The minimum atomic E-state index is 0. The van der Waals surface area contributed by atoms with Gasteiger partial charge in [0.1, 0.15) is 5.65 Å². The van der Waals surface area contributed by atoms with Crippen molar-refractivity contribution in [3.05, 3.63) is 46.0 Å². The molecule has 0 radical (unpaired) electrons. The molecule has 2 aromatic rings. The van der Waals surface area contributed by atoms with E-state index in [9.17, 15) is 4.79 Å². The molecular weight excluding hydrogens is 224 g/mol. The van der Waals surface area contributed by atoms with Gasteiger partial charge in [0.05, 0.1) is 5.69 Å². The molecule has 16 heavy (non-hydrogen) atoms. The molecule has 4 heteroatoms. The number of fused-ring (bicyclic) bond motifs is 2. The van der Waals surface area contributed by atoms with Gasteiger partial charge in [-0.2, -0.15) is 0 Å². The zero-order chi connectivity index (χ0) is 10.3. The molecule has 0 bridgehead atoms. The van der Waals surface area contributed by atoms with Crippen LogP contribution >= 0.6 is 12.4 Å². The average molecular weight is 237 g/mol. The molecule has 0 amide bonds. The summed E-state index contributed by atoms with van der Waals surface area (Å²) in [7, 11) is 0. The van der Waals surface area contributed by atoms with Crippen LogP contribution in [-0.4, -0.2) is 9.38 Å². The number of aromatic nitrogens is 2.